The first-order valence-electron chi connectivity index (χ1n) is 8.12. The van der Waals surface area contributed by atoms with Crippen LogP contribution in [0.3, 0.4) is 0 Å². The summed E-state index contributed by atoms with van der Waals surface area (Å²) in [5.41, 5.74) is 0.0355. The first kappa shape index (κ1) is 17.2. The summed E-state index contributed by atoms with van der Waals surface area (Å²) < 4.78 is 5.60. The van der Waals surface area contributed by atoms with E-state index >= 15 is 0 Å². The first-order valence-corrected chi connectivity index (χ1v) is 8.12. The number of carbonyl (C=O) groups excluding carboxylic acids is 1. The van der Waals surface area contributed by atoms with Crippen molar-refractivity contribution in [3.05, 3.63) is 0 Å². The molecule has 0 aliphatic carbocycles. The van der Waals surface area contributed by atoms with Crippen LogP contribution in [-0.2, 0) is 14.3 Å². The van der Waals surface area contributed by atoms with Crippen LogP contribution in [0, 0.1) is 5.41 Å². The van der Waals surface area contributed by atoms with Gasteiger partial charge in [-0.2, -0.15) is 0 Å². The molecule has 6 nitrogen and oxygen atoms in total. The number of carbonyl (C=O) groups is 2. The molecule has 6 heteroatoms. The third kappa shape index (κ3) is 4.68. The molecule has 0 aromatic heterocycles. The van der Waals surface area contributed by atoms with E-state index in [-0.39, 0.29) is 23.8 Å². The number of rotatable bonds is 5. The van der Waals surface area contributed by atoms with Crippen molar-refractivity contribution in [3.63, 3.8) is 0 Å². The van der Waals surface area contributed by atoms with E-state index in [4.69, 9.17) is 9.84 Å². The number of hydrogen-bond acceptors (Lipinski definition) is 4. The molecule has 1 amide bonds. The first-order chi connectivity index (χ1) is 10.3. The fourth-order valence-corrected chi connectivity index (χ4v) is 3.28. The lowest BCUT2D eigenvalue weighted by molar-refractivity contribution is -0.151. The van der Waals surface area contributed by atoms with Gasteiger partial charge in [-0.05, 0) is 18.3 Å². The Hall–Kier alpha value is -1.14. The van der Waals surface area contributed by atoms with Gasteiger partial charge in [0, 0.05) is 32.8 Å². The summed E-state index contributed by atoms with van der Waals surface area (Å²) in [4.78, 5) is 27.7. The van der Waals surface area contributed by atoms with Crippen molar-refractivity contribution in [1.82, 2.24) is 9.80 Å². The third-order valence-electron chi connectivity index (χ3n) is 4.19. The highest BCUT2D eigenvalue weighted by Gasteiger charge is 2.38. The summed E-state index contributed by atoms with van der Waals surface area (Å²) in [6, 6.07) is -0.549. The molecule has 0 bridgehead atoms. The van der Waals surface area contributed by atoms with E-state index in [1.165, 1.54) is 0 Å². The van der Waals surface area contributed by atoms with Crippen molar-refractivity contribution in [2.75, 3.05) is 32.8 Å². The largest absolute Gasteiger partial charge is 0.481 e. The predicted octanol–water partition coefficient (Wildman–Crippen LogP) is 1.20. The lowest BCUT2D eigenvalue weighted by Crippen LogP contribution is -2.60. The summed E-state index contributed by atoms with van der Waals surface area (Å²) in [5, 5.41) is 9.15. The molecule has 2 aliphatic heterocycles. The Bertz CT molecular complexity index is 413. The van der Waals surface area contributed by atoms with E-state index in [2.05, 4.69) is 20.8 Å². The second-order valence-corrected chi connectivity index (χ2v) is 7.56. The van der Waals surface area contributed by atoms with Gasteiger partial charge in [-0.3, -0.25) is 14.5 Å². The molecule has 2 rings (SSSR count). The van der Waals surface area contributed by atoms with Crippen molar-refractivity contribution in [2.24, 2.45) is 5.41 Å². The number of piperazine rings is 1. The van der Waals surface area contributed by atoms with Gasteiger partial charge in [-0.15, -0.1) is 0 Å². The minimum Gasteiger partial charge on any atom is -0.481 e. The van der Waals surface area contributed by atoms with Gasteiger partial charge >= 0.3 is 5.97 Å². The monoisotopic (exact) mass is 312 g/mol. The second kappa shape index (κ2) is 6.96. The van der Waals surface area contributed by atoms with E-state index in [9.17, 15) is 9.59 Å². The Morgan fingerprint density at radius 3 is 2.64 bits per heavy atom. The molecule has 2 saturated heterocycles. The molecular formula is C16H28N2O4. The Kier molecular flexibility index (Phi) is 5.45. The molecule has 2 atom stereocenters. The Morgan fingerprint density at radius 1 is 1.36 bits per heavy atom. The minimum atomic E-state index is -0.920. The van der Waals surface area contributed by atoms with Gasteiger partial charge in [0.15, 0.2) is 0 Å². The zero-order chi connectivity index (χ0) is 16.3. The summed E-state index contributed by atoms with van der Waals surface area (Å²) in [6.07, 6.45) is 2.01. The number of aliphatic carboxylic acids is 1. The predicted molar refractivity (Wildman–Crippen MR) is 82.6 cm³/mol. The minimum absolute atomic E-state index is 0.0355. The van der Waals surface area contributed by atoms with Crippen LogP contribution in [0.4, 0.5) is 0 Å². The lowest BCUT2D eigenvalue weighted by Gasteiger charge is -2.43. The summed E-state index contributed by atoms with van der Waals surface area (Å²) in [7, 11) is 0. The Labute approximate surface area is 132 Å². The maximum absolute atomic E-state index is 12.7. The molecule has 126 valence electrons. The average molecular weight is 312 g/mol. The van der Waals surface area contributed by atoms with E-state index in [0.717, 1.165) is 32.5 Å². The number of carboxylic acids is 1. The molecular weight excluding hydrogens is 284 g/mol. The molecule has 0 spiro atoms. The van der Waals surface area contributed by atoms with Crippen LogP contribution in [-0.4, -0.2) is 71.7 Å². The van der Waals surface area contributed by atoms with Crippen LogP contribution in [0.1, 0.15) is 40.0 Å². The van der Waals surface area contributed by atoms with Crippen LogP contribution in [0.2, 0.25) is 0 Å². The number of nitrogens with zero attached hydrogens (tertiary/aromatic N) is 2. The smallest absolute Gasteiger partial charge is 0.305 e. The van der Waals surface area contributed by atoms with E-state index in [1.54, 1.807) is 4.90 Å². The topological polar surface area (TPSA) is 70.1 Å². The molecule has 0 radical (unpaired) electrons. The van der Waals surface area contributed by atoms with Gasteiger partial charge in [0.2, 0.25) is 5.91 Å². The lowest BCUT2D eigenvalue weighted by atomic mass is 9.93. The van der Waals surface area contributed by atoms with Crippen LogP contribution in [0.15, 0.2) is 0 Å². The molecule has 2 unspecified atom stereocenters. The number of ether oxygens (including phenoxy) is 1. The molecule has 22 heavy (non-hydrogen) atoms. The zero-order valence-corrected chi connectivity index (χ0v) is 13.9. The summed E-state index contributed by atoms with van der Waals surface area (Å²) in [6.45, 7) is 9.79. The average Bonchev–Trinajstić information content (AvgIpc) is 2.88. The standard InChI is InChI=1S/C16H28N2O4/c1-16(2,3)11-18-7-6-17(10-12-5-4-8-22-12)15(21)13(18)9-14(19)20/h12-13H,4-11H2,1-3H3,(H,19,20). The maximum Gasteiger partial charge on any atom is 0.305 e. The SMILES string of the molecule is CC(C)(C)CN1CCN(CC2CCCO2)C(=O)C1CC(=O)O. The summed E-state index contributed by atoms with van der Waals surface area (Å²) >= 11 is 0. The molecule has 0 saturated carbocycles. The van der Waals surface area contributed by atoms with Crippen molar-refractivity contribution >= 4 is 11.9 Å². The van der Waals surface area contributed by atoms with E-state index < -0.39 is 12.0 Å². The normalized spacial score (nSPS) is 27.4. The zero-order valence-electron chi connectivity index (χ0n) is 13.9. The highest BCUT2D eigenvalue weighted by molar-refractivity contribution is 5.86. The van der Waals surface area contributed by atoms with E-state index in [1.807, 2.05) is 4.90 Å². The van der Waals surface area contributed by atoms with Crippen molar-refractivity contribution < 1.29 is 19.4 Å². The van der Waals surface area contributed by atoms with Gasteiger partial charge in [0.1, 0.15) is 0 Å². The Balaban J connectivity index is 2.03. The van der Waals surface area contributed by atoms with Gasteiger partial charge in [-0.1, -0.05) is 20.8 Å². The molecule has 1 N–H and O–H groups in total. The number of hydrogen-bond donors (Lipinski definition) is 1. The molecule has 0 aromatic carbocycles. The Morgan fingerprint density at radius 2 is 2.09 bits per heavy atom. The van der Waals surface area contributed by atoms with Crippen molar-refractivity contribution in [2.45, 2.75) is 52.2 Å². The van der Waals surface area contributed by atoms with Gasteiger partial charge in [0.05, 0.1) is 18.6 Å². The fourth-order valence-electron chi connectivity index (χ4n) is 3.28. The summed E-state index contributed by atoms with van der Waals surface area (Å²) in [5.74, 6) is -0.982. The van der Waals surface area contributed by atoms with Crippen LogP contribution in [0.5, 0.6) is 0 Å². The van der Waals surface area contributed by atoms with E-state index in [0.29, 0.717) is 13.1 Å². The highest BCUT2D eigenvalue weighted by Crippen LogP contribution is 2.23. The van der Waals surface area contributed by atoms with Crippen LogP contribution < -0.4 is 0 Å². The molecule has 2 aliphatic rings. The quantitative estimate of drug-likeness (QED) is 0.826. The molecule has 2 heterocycles. The van der Waals surface area contributed by atoms with Gasteiger partial charge in [0.25, 0.3) is 0 Å². The van der Waals surface area contributed by atoms with Crippen molar-refractivity contribution in [1.29, 1.82) is 0 Å². The van der Waals surface area contributed by atoms with Gasteiger partial charge in [-0.25, -0.2) is 0 Å². The highest BCUT2D eigenvalue weighted by atomic mass is 16.5. The van der Waals surface area contributed by atoms with Crippen molar-refractivity contribution in [3.8, 4) is 0 Å². The number of carboxylic acid groups (broad SMARTS) is 1. The van der Waals surface area contributed by atoms with Crippen LogP contribution >= 0.6 is 0 Å². The fraction of sp³-hybridized carbons (Fsp3) is 0.875. The van der Waals surface area contributed by atoms with Gasteiger partial charge < -0.3 is 14.7 Å². The van der Waals surface area contributed by atoms with Crippen LogP contribution in [0.25, 0.3) is 0 Å². The second-order valence-electron chi connectivity index (χ2n) is 7.56. The third-order valence-corrected chi connectivity index (χ3v) is 4.19. The molecule has 0 aromatic rings. The molecule has 2 fully saturated rings. The number of amides is 1. The maximum atomic E-state index is 12.7.